The Bertz CT molecular complexity index is 409. The molecule has 0 bridgehead atoms. The molecule has 5 nitrogen and oxygen atoms in total. The third-order valence-corrected chi connectivity index (χ3v) is 3.08. The molecule has 0 radical (unpaired) electrons. The molecule has 0 saturated carbocycles. The van der Waals surface area contributed by atoms with E-state index in [1.807, 2.05) is 24.3 Å². The van der Waals surface area contributed by atoms with Crippen LogP contribution in [0.1, 0.15) is 31.7 Å². The van der Waals surface area contributed by atoms with Gasteiger partial charge in [0.05, 0.1) is 6.61 Å². The summed E-state index contributed by atoms with van der Waals surface area (Å²) in [6.07, 6.45) is 0.249. The third kappa shape index (κ3) is 4.22. The molecule has 1 aromatic carbocycles. The summed E-state index contributed by atoms with van der Waals surface area (Å²) in [5.74, 6) is 5.80. The number of ether oxygens (including phenoxy) is 2. The predicted molar refractivity (Wildman–Crippen MR) is 73.8 cm³/mol. The molecule has 0 saturated heterocycles. The minimum Gasteiger partial charge on any atom is -0.478 e. The van der Waals surface area contributed by atoms with Gasteiger partial charge in [0, 0.05) is 7.11 Å². The second-order valence-electron chi connectivity index (χ2n) is 4.42. The van der Waals surface area contributed by atoms with Crippen molar-refractivity contribution >= 4 is 5.91 Å². The molecule has 3 N–H and O–H groups in total. The van der Waals surface area contributed by atoms with Crippen LogP contribution in [-0.2, 0) is 9.53 Å². The van der Waals surface area contributed by atoms with Crippen molar-refractivity contribution in [2.45, 2.75) is 32.3 Å². The first kappa shape index (κ1) is 15.5. The summed E-state index contributed by atoms with van der Waals surface area (Å²) in [6.45, 7) is 4.38. The Morgan fingerprint density at radius 2 is 2.11 bits per heavy atom. The first-order chi connectivity index (χ1) is 9.13. The number of benzene rings is 1. The summed E-state index contributed by atoms with van der Waals surface area (Å²) in [6, 6.07) is 7.70. The molecule has 0 spiro atoms. The van der Waals surface area contributed by atoms with Crippen LogP contribution in [0.2, 0.25) is 0 Å². The fourth-order valence-corrected chi connectivity index (χ4v) is 1.78. The van der Waals surface area contributed by atoms with Crippen molar-refractivity contribution in [3.05, 3.63) is 29.8 Å². The molecule has 5 heteroatoms. The van der Waals surface area contributed by atoms with Crippen molar-refractivity contribution in [2.24, 2.45) is 5.84 Å². The van der Waals surface area contributed by atoms with Crippen molar-refractivity contribution in [3.8, 4) is 5.75 Å². The fourth-order valence-electron chi connectivity index (χ4n) is 1.78. The van der Waals surface area contributed by atoms with Crippen molar-refractivity contribution in [2.75, 3.05) is 13.7 Å². The largest absolute Gasteiger partial charge is 0.478 e. The highest BCUT2D eigenvalue weighted by Crippen LogP contribution is 2.29. The van der Waals surface area contributed by atoms with Gasteiger partial charge >= 0.3 is 0 Å². The van der Waals surface area contributed by atoms with Crippen LogP contribution in [0.4, 0.5) is 0 Å². The van der Waals surface area contributed by atoms with E-state index in [0.29, 0.717) is 11.7 Å². The number of hydrazine groups is 1. The Morgan fingerprint density at radius 1 is 1.42 bits per heavy atom. The predicted octanol–water partition coefficient (Wildman–Crippen LogP) is 1.58. The normalized spacial score (nSPS) is 13.7. The van der Waals surface area contributed by atoms with E-state index in [2.05, 4.69) is 19.3 Å². The molecule has 0 heterocycles. The van der Waals surface area contributed by atoms with Gasteiger partial charge in [0.2, 0.25) is 6.10 Å². The average molecular weight is 266 g/mol. The van der Waals surface area contributed by atoms with Crippen LogP contribution in [0.3, 0.4) is 0 Å². The van der Waals surface area contributed by atoms with Gasteiger partial charge in [0.25, 0.3) is 5.91 Å². The number of rotatable bonds is 7. The van der Waals surface area contributed by atoms with E-state index < -0.39 is 12.0 Å². The van der Waals surface area contributed by atoms with Crippen molar-refractivity contribution in [1.29, 1.82) is 0 Å². The van der Waals surface area contributed by atoms with Crippen molar-refractivity contribution < 1.29 is 14.3 Å². The van der Waals surface area contributed by atoms with E-state index in [0.717, 1.165) is 12.0 Å². The maximum absolute atomic E-state index is 11.6. The maximum atomic E-state index is 11.6. The number of hydrogen-bond acceptors (Lipinski definition) is 4. The third-order valence-electron chi connectivity index (χ3n) is 3.08. The summed E-state index contributed by atoms with van der Waals surface area (Å²) in [4.78, 5) is 11.6. The maximum Gasteiger partial charge on any atom is 0.277 e. The first-order valence-electron chi connectivity index (χ1n) is 6.39. The number of nitrogens with one attached hydrogen (secondary N) is 1. The zero-order valence-electron chi connectivity index (χ0n) is 11.7. The Morgan fingerprint density at radius 3 is 2.68 bits per heavy atom. The lowest BCUT2D eigenvalue weighted by atomic mass is 9.98. The van der Waals surface area contributed by atoms with Gasteiger partial charge in [-0.2, -0.15) is 0 Å². The van der Waals surface area contributed by atoms with Crippen LogP contribution in [0, 0.1) is 0 Å². The summed E-state index contributed by atoms with van der Waals surface area (Å²) in [7, 11) is 1.51. The highest BCUT2D eigenvalue weighted by Gasteiger charge is 2.21. The average Bonchev–Trinajstić information content (AvgIpc) is 2.45. The molecule has 19 heavy (non-hydrogen) atoms. The Hall–Kier alpha value is -1.59. The van der Waals surface area contributed by atoms with E-state index in [1.165, 1.54) is 7.11 Å². The lowest BCUT2D eigenvalue weighted by molar-refractivity contribution is -0.130. The SMILES string of the molecule is CCC(C)c1ccccc1OC(COC)C(=O)NN. The number of amides is 1. The molecule has 1 rings (SSSR count). The van der Waals surface area contributed by atoms with Crippen LogP contribution in [0.25, 0.3) is 0 Å². The molecule has 0 aromatic heterocycles. The lowest BCUT2D eigenvalue weighted by Crippen LogP contribution is -2.44. The van der Waals surface area contributed by atoms with Crippen LogP contribution in [-0.4, -0.2) is 25.7 Å². The number of methoxy groups -OCH3 is 1. The number of hydrogen-bond donors (Lipinski definition) is 2. The standard InChI is InChI=1S/C14H22N2O3/c1-4-10(2)11-7-5-6-8-12(11)19-13(9-18-3)14(17)16-15/h5-8,10,13H,4,9,15H2,1-3H3,(H,16,17). The number of para-hydroxylation sites is 1. The highest BCUT2D eigenvalue weighted by atomic mass is 16.5. The van der Waals surface area contributed by atoms with Crippen LogP contribution in [0.5, 0.6) is 5.75 Å². The van der Waals surface area contributed by atoms with Gasteiger partial charge in [-0.25, -0.2) is 5.84 Å². The number of nitrogens with two attached hydrogens (primary N) is 1. The number of carbonyl (C=O) groups is 1. The smallest absolute Gasteiger partial charge is 0.277 e. The summed E-state index contributed by atoms with van der Waals surface area (Å²) >= 11 is 0. The molecule has 0 aliphatic rings. The van der Waals surface area contributed by atoms with E-state index in [4.69, 9.17) is 15.3 Å². The zero-order valence-corrected chi connectivity index (χ0v) is 11.7. The van der Waals surface area contributed by atoms with E-state index >= 15 is 0 Å². The monoisotopic (exact) mass is 266 g/mol. The Kier molecular flexibility index (Phi) is 6.32. The van der Waals surface area contributed by atoms with Gasteiger partial charge in [0.1, 0.15) is 5.75 Å². The fraction of sp³-hybridized carbons (Fsp3) is 0.500. The Labute approximate surface area is 114 Å². The second-order valence-corrected chi connectivity index (χ2v) is 4.42. The van der Waals surface area contributed by atoms with Gasteiger partial charge in [0.15, 0.2) is 0 Å². The van der Waals surface area contributed by atoms with Gasteiger partial charge in [-0.15, -0.1) is 0 Å². The van der Waals surface area contributed by atoms with E-state index in [9.17, 15) is 4.79 Å². The molecular formula is C14H22N2O3. The molecule has 1 amide bonds. The first-order valence-corrected chi connectivity index (χ1v) is 6.39. The van der Waals surface area contributed by atoms with Gasteiger partial charge in [-0.3, -0.25) is 10.2 Å². The van der Waals surface area contributed by atoms with Crippen molar-refractivity contribution in [3.63, 3.8) is 0 Å². The van der Waals surface area contributed by atoms with Crippen LogP contribution in [0.15, 0.2) is 24.3 Å². The summed E-state index contributed by atoms with van der Waals surface area (Å²) < 4.78 is 10.7. The van der Waals surface area contributed by atoms with Crippen LogP contribution < -0.4 is 16.0 Å². The minimum absolute atomic E-state index is 0.151. The molecular weight excluding hydrogens is 244 g/mol. The summed E-state index contributed by atoms with van der Waals surface area (Å²) in [5, 5.41) is 0. The topological polar surface area (TPSA) is 73.6 Å². The van der Waals surface area contributed by atoms with Gasteiger partial charge in [-0.05, 0) is 24.0 Å². The molecule has 106 valence electrons. The van der Waals surface area contributed by atoms with Gasteiger partial charge < -0.3 is 9.47 Å². The molecule has 0 aliphatic carbocycles. The molecule has 0 aliphatic heterocycles. The number of carbonyl (C=O) groups excluding carboxylic acids is 1. The quantitative estimate of drug-likeness (QED) is 0.446. The Balaban J connectivity index is 2.92. The lowest BCUT2D eigenvalue weighted by Gasteiger charge is -2.20. The molecule has 2 unspecified atom stereocenters. The summed E-state index contributed by atoms with van der Waals surface area (Å²) in [5.41, 5.74) is 3.17. The second kappa shape index (κ2) is 7.76. The molecule has 0 fully saturated rings. The van der Waals surface area contributed by atoms with Crippen molar-refractivity contribution in [1.82, 2.24) is 5.43 Å². The molecule has 1 aromatic rings. The van der Waals surface area contributed by atoms with Gasteiger partial charge in [-0.1, -0.05) is 32.0 Å². The molecule has 2 atom stereocenters. The minimum atomic E-state index is -0.750. The highest BCUT2D eigenvalue weighted by molar-refractivity contribution is 5.80. The zero-order chi connectivity index (χ0) is 14.3. The van der Waals surface area contributed by atoms with E-state index in [-0.39, 0.29) is 6.61 Å². The van der Waals surface area contributed by atoms with E-state index in [1.54, 1.807) is 0 Å². The van der Waals surface area contributed by atoms with Crippen LogP contribution >= 0.6 is 0 Å².